The van der Waals surface area contributed by atoms with Gasteiger partial charge < -0.3 is 44.3 Å². The Bertz CT molecular complexity index is 497. The van der Waals surface area contributed by atoms with Crippen LogP contribution in [0.4, 0.5) is 0 Å². The fraction of sp³-hybridized carbons (Fsp3) is 0.929. The maximum Gasteiger partial charge on any atom is 0.233 e. The van der Waals surface area contributed by atoms with Crippen LogP contribution < -0.4 is 0 Å². The summed E-state index contributed by atoms with van der Waals surface area (Å²) in [6.07, 6.45) is -8.51. The van der Waals surface area contributed by atoms with Crippen LogP contribution in [-0.2, 0) is 23.7 Å². The summed E-state index contributed by atoms with van der Waals surface area (Å²) < 4.78 is 20.9. The minimum absolute atomic E-state index is 0.00505. The van der Waals surface area contributed by atoms with Crippen LogP contribution >= 0.6 is 11.8 Å². The standard InChI is InChI=1S/C14H23NO9S/c1-21-13-9(19)7(17)5(23-13)3-15-6(16)4-25-12(15)11-8(18)10(20)14(22-2)24-11/h5,7-14,17-20H,3-4H2,1-2H3/t5-,7-,8+,9-,10-,11?,12+,13-,14-/m1/s1. The molecule has 11 heteroatoms. The summed E-state index contributed by atoms with van der Waals surface area (Å²) in [6.45, 7) is -0.00505. The summed E-state index contributed by atoms with van der Waals surface area (Å²) in [4.78, 5) is 13.7. The van der Waals surface area contributed by atoms with E-state index in [0.717, 1.165) is 0 Å². The summed E-state index contributed by atoms with van der Waals surface area (Å²) in [5, 5.41) is 39.5. The van der Waals surface area contributed by atoms with Crippen LogP contribution in [0.1, 0.15) is 0 Å². The van der Waals surface area contributed by atoms with Gasteiger partial charge in [0.05, 0.1) is 12.3 Å². The number of aliphatic hydroxyl groups excluding tert-OH is 4. The lowest BCUT2D eigenvalue weighted by Crippen LogP contribution is -2.50. The van der Waals surface area contributed by atoms with E-state index >= 15 is 0 Å². The van der Waals surface area contributed by atoms with E-state index in [1.807, 2.05) is 0 Å². The number of methoxy groups -OCH3 is 2. The van der Waals surface area contributed by atoms with Crippen molar-refractivity contribution in [1.29, 1.82) is 0 Å². The molecule has 10 nitrogen and oxygen atoms in total. The molecule has 0 bridgehead atoms. The van der Waals surface area contributed by atoms with Gasteiger partial charge in [0.2, 0.25) is 5.91 Å². The summed E-state index contributed by atoms with van der Waals surface area (Å²) in [6, 6.07) is 0. The molecule has 9 atom stereocenters. The van der Waals surface area contributed by atoms with Crippen LogP contribution in [0.25, 0.3) is 0 Å². The number of thioether (sulfide) groups is 1. The van der Waals surface area contributed by atoms with Gasteiger partial charge in [-0.15, -0.1) is 11.8 Å². The van der Waals surface area contributed by atoms with Crippen LogP contribution in [0, 0.1) is 0 Å². The maximum atomic E-state index is 12.3. The van der Waals surface area contributed by atoms with Crippen LogP contribution in [0.15, 0.2) is 0 Å². The second kappa shape index (κ2) is 7.62. The van der Waals surface area contributed by atoms with Gasteiger partial charge in [0.15, 0.2) is 12.6 Å². The molecule has 4 N–H and O–H groups in total. The van der Waals surface area contributed by atoms with Gasteiger partial charge in [0.25, 0.3) is 0 Å². The summed E-state index contributed by atoms with van der Waals surface area (Å²) >= 11 is 1.26. The minimum atomic E-state index is -1.22. The van der Waals surface area contributed by atoms with Gasteiger partial charge in [-0.25, -0.2) is 0 Å². The van der Waals surface area contributed by atoms with E-state index in [1.165, 1.54) is 30.9 Å². The zero-order valence-corrected chi connectivity index (χ0v) is 14.6. The van der Waals surface area contributed by atoms with Crippen molar-refractivity contribution >= 4 is 17.7 Å². The van der Waals surface area contributed by atoms with Crippen molar-refractivity contribution in [2.45, 2.75) is 54.6 Å². The van der Waals surface area contributed by atoms with Gasteiger partial charge in [0.1, 0.15) is 42.0 Å². The molecule has 3 rings (SSSR count). The molecule has 3 aliphatic heterocycles. The first kappa shape index (κ1) is 19.3. The third-order valence-electron chi connectivity index (χ3n) is 4.70. The van der Waals surface area contributed by atoms with Crippen molar-refractivity contribution in [2.24, 2.45) is 0 Å². The Morgan fingerprint density at radius 2 is 1.64 bits per heavy atom. The number of nitrogens with zero attached hydrogens (tertiary/aromatic N) is 1. The molecule has 3 fully saturated rings. The second-order valence-electron chi connectivity index (χ2n) is 6.19. The molecule has 3 heterocycles. The van der Waals surface area contributed by atoms with E-state index in [9.17, 15) is 25.2 Å². The van der Waals surface area contributed by atoms with Crippen molar-refractivity contribution in [3.8, 4) is 0 Å². The molecular weight excluding hydrogens is 358 g/mol. The van der Waals surface area contributed by atoms with E-state index in [1.54, 1.807) is 0 Å². The fourth-order valence-corrected chi connectivity index (χ4v) is 4.58. The SMILES string of the molecule is CO[C@@H]1O[C@H](CN2C(=O)CS[C@H]2C2O[C@@H](OC)[C@H](O)[C@@H]2O)[C@@H](O)[C@H]1O. The summed E-state index contributed by atoms with van der Waals surface area (Å²) in [7, 11) is 2.69. The average molecular weight is 381 g/mol. The molecule has 3 aliphatic rings. The zero-order valence-electron chi connectivity index (χ0n) is 13.8. The number of carbonyl (C=O) groups excluding carboxylic acids is 1. The zero-order chi connectivity index (χ0) is 18.3. The molecule has 1 amide bonds. The first-order valence-corrected chi connectivity index (χ1v) is 8.93. The molecule has 0 radical (unpaired) electrons. The fourth-order valence-electron chi connectivity index (χ4n) is 3.31. The number of rotatable bonds is 5. The number of aliphatic hydroxyl groups is 4. The smallest absolute Gasteiger partial charge is 0.233 e. The van der Waals surface area contributed by atoms with Crippen molar-refractivity contribution in [3.05, 3.63) is 0 Å². The monoisotopic (exact) mass is 381 g/mol. The molecule has 0 aromatic heterocycles. The first-order chi connectivity index (χ1) is 11.9. The maximum absolute atomic E-state index is 12.3. The Morgan fingerprint density at radius 1 is 1.04 bits per heavy atom. The lowest BCUT2D eigenvalue weighted by Gasteiger charge is -2.31. The Morgan fingerprint density at radius 3 is 2.20 bits per heavy atom. The Kier molecular flexibility index (Phi) is 5.88. The highest BCUT2D eigenvalue weighted by atomic mass is 32.2. The number of ether oxygens (including phenoxy) is 4. The number of hydrogen-bond acceptors (Lipinski definition) is 10. The molecule has 3 saturated heterocycles. The van der Waals surface area contributed by atoms with Crippen LogP contribution in [0.3, 0.4) is 0 Å². The highest BCUT2D eigenvalue weighted by molar-refractivity contribution is 8.01. The van der Waals surface area contributed by atoms with E-state index in [4.69, 9.17) is 18.9 Å². The molecule has 0 spiro atoms. The van der Waals surface area contributed by atoms with Crippen molar-refractivity contribution in [2.75, 3.05) is 26.5 Å². The summed E-state index contributed by atoms with van der Waals surface area (Å²) in [5.74, 6) is -0.0448. The molecule has 0 aromatic carbocycles. The molecule has 144 valence electrons. The van der Waals surface area contributed by atoms with E-state index < -0.39 is 54.6 Å². The number of carbonyl (C=O) groups is 1. The highest BCUT2D eigenvalue weighted by Crippen LogP contribution is 2.37. The van der Waals surface area contributed by atoms with Gasteiger partial charge in [-0.05, 0) is 0 Å². The summed E-state index contributed by atoms with van der Waals surface area (Å²) in [5.41, 5.74) is 0. The van der Waals surface area contributed by atoms with Crippen molar-refractivity contribution in [1.82, 2.24) is 4.90 Å². The van der Waals surface area contributed by atoms with Crippen molar-refractivity contribution < 1.29 is 44.2 Å². The third-order valence-corrected chi connectivity index (χ3v) is 5.98. The normalized spacial score (nSPS) is 47.8. The van der Waals surface area contributed by atoms with E-state index in [-0.39, 0.29) is 18.2 Å². The Balaban J connectivity index is 1.71. The Hall–Kier alpha value is -0.500. The minimum Gasteiger partial charge on any atom is -0.387 e. The molecule has 0 aromatic rings. The molecule has 1 unspecified atom stereocenters. The molecule has 0 saturated carbocycles. The van der Waals surface area contributed by atoms with Gasteiger partial charge >= 0.3 is 0 Å². The van der Waals surface area contributed by atoms with E-state index in [2.05, 4.69) is 0 Å². The number of hydrogen-bond donors (Lipinski definition) is 4. The third kappa shape index (κ3) is 3.40. The predicted octanol–water partition coefficient (Wildman–Crippen LogP) is -2.93. The van der Waals surface area contributed by atoms with Gasteiger partial charge in [-0.1, -0.05) is 0 Å². The van der Waals surface area contributed by atoms with Gasteiger partial charge in [-0.3, -0.25) is 4.79 Å². The molecule has 25 heavy (non-hydrogen) atoms. The van der Waals surface area contributed by atoms with Crippen LogP contribution in [-0.4, -0.2) is 112 Å². The Labute approximate surface area is 148 Å². The van der Waals surface area contributed by atoms with Crippen molar-refractivity contribution in [3.63, 3.8) is 0 Å². The first-order valence-electron chi connectivity index (χ1n) is 7.89. The predicted molar refractivity (Wildman–Crippen MR) is 83.3 cm³/mol. The molecule has 0 aliphatic carbocycles. The lowest BCUT2D eigenvalue weighted by atomic mass is 10.1. The van der Waals surface area contributed by atoms with E-state index in [0.29, 0.717) is 0 Å². The average Bonchev–Trinajstić information content (AvgIpc) is 3.19. The second-order valence-corrected chi connectivity index (χ2v) is 7.30. The quantitative estimate of drug-likeness (QED) is 0.392. The van der Waals surface area contributed by atoms with Crippen LogP contribution in [0.2, 0.25) is 0 Å². The largest absolute Gasteiger partial charge is 0.387 e. The van der Waals surface area contributed by atoms with Crippen LogP contribution in [0.5, 0.6) is 0 Å². The molecular formula is C14H23NO9S. The van der Waals surface area contributed by atoms with Gasteiger partial charge in [-0.2, -0.15) is 0 Å². The lowest BCUT2D eigenvalue weighted by molar-refractivity contribution is -0.162. The number of amides is 1. The highest BCUT2D eigenvalue weighted by Gasteiger charge is 2.52. The van der Waals surface area contributed by atoms with Gasteiger partial charge in [0, 0.05) is 14.2 Å². The topological polar surface area (TPSA) is 138 Å².